The van der Waals surface area contributed by atoms with E-state index in [0.29, 0.717) is 5.82 Å². The van der Waals surface area contributed by atoms with Crippen LogP contribution in [-0.4, -0.2) is 16.8 Å². The van der Waals surface area contributed by atoms with E-state index in [1.165, 1.54) is 13.0 Å². The summed E-state index contributed by atoms with van der Waals surface area (Å²) in [7, 11) is 0. The molecule has 0 aliphatic heterocycles. The first-order valence-corrected chi connectivity index (χ1v) is 3.64. The zero-order valence-corrected chi connectivity index (χ0v) is 7.07. The Bertz CT molecular complexity index is 349. The molecule has 1 aromatic rings. The smallest absolute Gasteiger partial charge is 0.267 e. The fourth-order valence-electron chi connectivity index (χ4n) is 0.822. The number of carbonyl (C=O) groups excluding carboxylic acids is 2. The molecule has 0 atom stereocenters. The molecule has 13 heavy (non-hydrogen) atoms. The Labute approximate surface area is 75.0 Å². The average Bonchev–Trinajstić information content (AvgIpc) is 2.03. The number of aromatic nitrogens is 1. The molecule has 2 amide bonds. The number of hydrogen-bond donors (Lipinski definition) is 2. The summed E-state index contributed by atoms with van der Waals surface area (Å²) >= 11 is 0. The first-order valence-electron chi connectivity index (χ1n) is 3.64. The molecule has 0 aromatic carbocycles. The summed E-state index contributed by atoms with van der Waals surface area (Å²) in [6, 6.07) is 4.65. The first kappa shape index (κ1) is 9.18. The van der Waals surface area contributed by atoms with Crippen molar-refractivity contribution in [3.63, 3.8) is 0 Å². The van der Waals surface area contributed by atoms with Gasteiger partial charge in [-0.15, -0.1) is 0 Å². The Hall–Kier alpha value is -1.91. The second-order valence-electron chi connectivity index (χ2n) is 2.45. The molecule has 5 nitrogen and oxygen atoms in total. The molecule has 0 saturated heterocycles. The second kappa shape index (κ2) is 3.66. The number of primary amides is 1. The molecule has 0 bridgehead atoms. The summed E-state index contributed by atoms with van der Waals surface area (Å²) in [5.74, 6) is -0.537. The monoisotopic (exact) mass is 179 g/mol. The van der Waals surface area contributed by atoms with Gasteiger partial charge < -0.3 is 11.1 Å². The lowest BCUT2D eigenvalue weighted by atomic mass is 10.3. The molecule has 1 aromatic heterocycles. The van der Waals surface area contributed by atoms with Gasteiger partial charge in [0.1, 0.15) is 11.5 Å². The van der Waals surface area contributed by atoms with Gasteiger partial charge in [0.25, 0.3) is 5.91 Å². The van der Waals surface area contributed by atoms with Crippen molar-refractivity contribution in [2.45, 2.75) is 6.92 Å². The van der Waals surface area contributed by atoms with Gasteiger partial charge in [-0.1, -0.05) is 6.07 Å². The van der Waals surface area contributed by atoms with Gasteiger partial charge in [-0.05, 0) is 12.1 Å². The van der Waals surface area contributed by atoms with E-state index in [4.69, 9.17) is 5.73 Å². The van der Waals surface area contributed by atoms with Gasteiger partial charge in [-0.3, -0.25) is 9.59 Å². The van der Waals surface area contributed by atoms with Crippen LogP contribution >= 0.6 is 0 Å². The van der Waals surface area contributed by atoms with Crippen LogP contribution in [0, 0.1) is 0 Å². The third kappa shape index (κ3) is 2.55. The summed E-state index contributed by atoms with van der Waals surface area (Å²) in [4.78, 5) is 25.1. The van der Waals surface area contributed by atoms with Crippen LogP contribution in [0.15, 0.2) is 18.2 Å². The van der Waals surface area contributed by atoms with Crippen molar-refractivity contribution in [3.8, 4) is 0 Å². The molecule has 5 heteroatoms. The van der Waals surface area contributed by atoms with Gasteiger partial charge in [0.15, 0.2) is 0 Å². The number of rotatable bonds is 2. The molecule has 68 valence electrons. The van der Waals surface area contributed by atoms with Gasteiger partial charge >= 0.3 is 0 Å². The van der Waals surface area contributed by atoms with E-state index >= 15 is 0 Å². The van der Waals surface area contributed by atoms with Crippen molar-refractivity contribution < 1.29 is 9.59 Å². The van der Waals surface area contributed by atoms with E-state index in [1.54, 1.807) is 12.1 Å². The van der Waals surface area contributed by atoms with E-state index in [0.717, 1.165) is 0 Å². The van der Waals surface area contributed by atoms with E-state index in [2.05, 4.69) is 10.3 Å². The van der Waals surface area contributed by atoms with Crippen LogP contribution in [0.4, 0.5) is 5.82 Å². The van der Waals surface area contributed by atoms with Crippen LogP contribution in [-0.2, 0) is 4.79 Å². The predicted octanol–water partition coefficient (Wildman–Crippen LogP) is 0.139. The van der Waals surface area contributed by atoms with Crippen LogP contribution < -0.4 is 11.1 Å². The second-order valence-corrected chi connectivity index (χ2v) is 2.45. The highest BCUT2D eigenvalue weighted by molar-refractivity contribution is 5.92. The topological polar surface area (TPSA) is 85.1 Å². The minimum Gasteiger partial charge on any atom is -0.364 e. The Balaban J connectivity index is 2.91. The molecular formula is C8H9N3O2. The fraction of sp³-hybridized carbons (Fsp3) is 0.125. The molecule has 0 spiro atoms. The molecule has 0 aliphatic carbocycles. The lowest BCUT2D eigenvalue weighted by molar-refractivity contribution is -0.114. The van der Waals surface area contributed by atoms with Crippen molar-refractivity contribution >= 4 is 17.6 Å². The molecule has 0 radical (unpaired) electrons. The van der Waals surface area contributed by atoms with Crippen LogP contribution in [0.25, 0.3) is 0 Å². The predicted molar refractivity (Wildman–Crippen MR) is 47.1 cm³/mol. The lowest BCUT2D eigenvalue weighted by Crippen LogP contribution is -2.15. The maximum Gasteiger partial charge on any atom is 0.267 e. The van der Waals surface area contributed by atoms with Gasteiger partial charge in [0.2, 0.25) is 5.91 Å². The number of hydrogen-bond acceptors (Lipinski definition) is 3. The van der Waals surface area contributed by atoms with E-state index in [9.17, 15) is 9.59 Å². The summed E-state index contributed by atoms with van der Waals surface area (Å²) in [5, 5.41) is 2.44. The third-order valence-electron chi connectivity index (χ3n) is 1.31. The number of nitrogens with two attached hydrogens (primary N) is 1. The quantitative estimate of drug-likeness (QED) is 0.677. The number of carbonyl (C=O) groups is 2. The van der Waals surface area contributed by atoms with Gasteiger partial charge in [0.05, 0.1) is 0 Å². The molecule has 0 saturated carbocycles. The average molecular weight is 179 g/mol. The maximum absolute atomic E-state index is 10.7. The molecular weight excluding hydrogens is 170 g/mol. The Morgan fingerprint density at radius 1 is 1.46 bits per heavy atom. The molecule has 1 heterocycles. The maximum atomic E-state index is 10.7. The first-order chi connectivity index (χ1) is 6.09. The zero-order chi connectivity index (χ0) is 9.84. The van der Waals surface area contributed by atoms with Crippen molar-refractivity contribution in [3.05, 3.63) is 23.9 Å². The van der Waals surface area contributed by atoms with E-state index in [-0.39, 0.29) is 11.6 Å². The molecule has 0 unspecified atom stereocenters. The third-order valence-corrected chi connectivity index (χ3v) is 1.31. The van der Waals surface area contributed by atoms with Gasteiger partial charge in [-0.25, -0.2) is 4.98 Å². The Morgan fingerprint density at radius 2 is 2.15 bits per heavy atom. The molecule has 1 rings (SSSR count). The van der Waals surface area contributed by atoms with E-state index in [1.807, 2.05) is 0 Å². The Kier molecular flexibility index (Phi) is 2.59. The standard InChI is InChI=1S/C8H9N3O2/c1-5(12)10-7-4-2-3-6(11-7)8(9)13/h2-4H,1H3,(H2,9,13)(H,10,11,12). The highest BCUT2D eigenvalue weighted by atomic mass is 16.2. The van der Waals surface area contributed by atoms with E-state index < -0.39 is 5.91 Å². The fourth-order valence-corrected chi connectivity index (χ4v) is 0.822. The van der Waals surface area contributed by atoms with Crippen LogP contribution in [0.3, 0.4) is 0 Å². The number of nitrogens with zero attached hydrogens (tertiary/aromatic N) is 1. The molecule has 0 aliphatic rings. The van der Waals surface area contributed by atoms with Gasteiger partial charge in [-0.2, -0.15) is 0 Å². The van der Waals surface area contributed by atoms with Crippen LogP contribution in [0.2, 0.25) is 0 Å². The minimum absolute atomic E-state index is 0.131. The minimum atomic E-state index is -0.618. The number of nitrogens with one attached hydrogen (secondary N) is 1. The largest absolute Gasteiger partial charge is 0.364 e. The highest BCUT2D eigenvalue weighted by Crippen LogP contribution is 2.03. The number of anilines is 1. The molecule has 0 fully saturated rings. The van der Waals surface area contributed by atoms with Crippen molar-refractivity contribution in [2.24, 2.45) is 5.73 Å². The normalized spacial score (nSPS) is 9.31. The summed E-state index contributed by atoms with van der Waals surface area (Å²) in [5.41, 5.74) is 5.13. The summed E-state index contributed by atoms with van der Waals surface area (Å²) in [6.45, 7) is 1.36. The number of amides is 2. The van der Waals surface area contributed by atoms with Crippen molar-refractivity contribution in [1.29, 1.82) is 0 Å². The van der Waals surface area contributed by atoms with Crippen molar-refractivity contribution in [1.82, 2.24) is 4.98 Å². The SMILES string of the molecule is CC(=O)Nc1cccc(C(N)=O)n1. The number of pyridine rings is 1. The molecule has 3 N–H and O–H groups in total. The zero-order valence-electron chi connectivity index (χ0n) is 7.07. The lowest BCUT2D eigenvalue weighted by Gasteiger charge is -2.01. The van der Waals surface area contributed by atoms with Crippen molar-refractivity contribution in [2.75, 3.05) is 5.32 Å². The van der Waals surface area contributed by atoms with Gasteiger partial charge in [0, 0.05) is 6.92 Å². The van der Waals surface area contributed by atoms with Crippen LogP contribution in [0.5, 0.6) is 0 Å². The summed E-state index contributed by atoms with van der Waals surface area (Å²) < 4.78 is 0. The van der Waals surface area contributed by atoms with Crippen LogP contribution in [0.1, 0.15) is 17.4 Å². The highest BCUT2D eigenvalue weighted by Gasteiger charge is 2.03. The summed E-state index contributed by atoms with van der Waals surface area (Å²) in [6.07, 6.45) is 0. The Morgan fingerprint density at radius 3 is 2.69 bits per heavy atom.